The van der Waals surface area contributed by atoms with E-state index >= 15 is 0 Å². The topological polar surface area (TPSA) is 136 Å². The Bertz CT molecular complexity index is 1210. The van der Waals surface area contributed by atoms with Crippen molar-refractivity contribution in [3.05, 3.63) is 48.5 Å². The predicted molar refractivity (Wildman–Crippen MR) is 121 cm³/mol. The number of nitrogens with two attached hydrogens (primary N) is 2. The number of nitrogens with zero attached hydrogens (tertiary/aromatic N) is 4. The van der Waals surface area contributed by atoms with Crippen LogP contribution in [0.5, 0.6) is 0 Å². The number of carbonyl (C=O) groups excluding carboxylic acids is 1. The first-order chi connectivity index (χ1) is 14.8. The standard InChI is InChI=1S/C20H22N6O3S2/c21-17-12-18(22)24-20(23-17)30-13-19(27)25-7-9-26(10-8-25)31(28,29)16-6-5-14-3-1-2-4-15(14)11-16/h1-6,11-12H,7-10,13H2,(H4,21,22,23,24). The second-order valence-electron chi connectivity index (χ2n) is 7.08. The molecule has 0 unspecified atom stereocenters. The number of rotatable bonds is 5. The van der Waals surface area contributed by atoms with Gasteiger partial charge in [-0.15, -0.1) is 0 Å². The van der Waals surface area contributed by atoms with E-state index in [1.54, 1.807) is 17.0 Å². The SMILES string of the molecule is Nc1cc(N)nc(SCC(=O)N2CCN(S(=O)(=O)c3ccc4ccccc4c3)CC2)n1. The number of fused-ring (bicyclic) bond motifs is 1. The molecule has 0 saturated carbocycles. The lowest BCUT2D eigenvalue weighted by Gasteiger charge is -2.34. The summed E-state index contributed by atoms with van der Waals surface area (Å²) in [5.74, 6) is 0.502. The van der Waals surface area contributed by atoms with Crippen LogP contribution in [0.4, 0.5) is 11.6 Å². The van der Waals surface area contributed by atoms with E-state index in [0.717, 1.165) is 22.5 Å². The molecule has 1 aliphatic heterocycles. The Balaban J connectivity index is 1.37. The highest BCUT2D eigenvalue weighted by Crippen LogP contribution is 2.23. The van der Waals surface area contributed by atoms with Crippen LogP contribution >= 0.6 is 11.8 Å². The quantitative estimate of drug-likeness (QED) is 0.433. The van der Waals surface area contributed by atoms with E-state index in [9.17, 15) is 13.2 Å². The van der Waals surface area contributed by atoms with Crippen LogP contribution in [0.1, 0.15) is 0 Å². The summed E-state index contributed by atoms with van der Waals surface area (Å²) in [5.41, 5.74) is 11.3. The van der Waals surface area contributed by atoms with E-state index < -0.39 is 10.0 Å². The third-order valence-electron chi connectivity index (χ3n) is 5.02. The minimum absolute atomic E-state index is 0.114. The van der Waals surface area contributed by atoms with Gasteiger partial charge in [0.25, 0.3) is 0 Å². The number of aromatic nitrogens is 2. The fourth-order valence-corrected chi connectivity index (χ4v) is 5.63. The monoisotopic (exact) mass is 458 g/mol. The van der Waals surface area contributed by atoms with Gasteiger partial charge >= 0.3 is 0 Å². The third-order valence-corrected chi connectivity index (χ3v) is 7.75. The summed E-state index contributed by atoms with van der Waals surface area (Å²) in [6, 6.07) is 14.2. The van der Waals surface area contributed by atoms with Gasteiger partial charge in [0.15, 0.2) is 5.16 Å². The first kappa shape index (κ1) is 21.3. The van der Waals surface area contributed by atoms with Gasteiger partial charge in [-0.05, 0) is 22.9 Å². The summed E-state index contributed by atoms with van der Waals surface area (Å²) in [6.45, 7) is 1.14. The van der Waals surface area contributed by atoms with Gasteiger partial charge in [-0.25, -0.2) is 18.4 Å². The molecule has 0 aliphatic carbocycles. The minimum atomic E-state index is -3.63. The molecule has 1 saturated heterocycles. The molecule has 0 atom stereocenters. The molecule has 31 heavy (non-hydrogen) atoms. The second-order valence-corrected chi connectivity index (χ2v) is 9.96. The van der Waals surface area contributed by atoms with E-state index in [1.807, 2.05) is 30.3 Å². The molecule has 0 radical (unpaired) electrons. The lowest BCUT2D eigenvalue weighted by atomic mass is 10.1. The Morgan fingerprint density at radius 1 is 0.935 bits per heavy atom. The maximum Gasteiger partial charge on any atom is 0.243 e. The maximum atomic E-state index is 13.1. The van der Waals surface area contributed by atoms with Gasteiger partial charge in [0.1, 0.15) is 11.6 Å². The number of nitrogen functional groups attached to an aromatic ring is 2. The van der Waals surface area contributed by atoms with Crippen molar-refractivity contribution in [2.24, 2.45) is 0 Å². The van der Waals surface area contributed by atoms with Crippen LogP contribution in [-0.4, -0.2) is 65.4 Å². The molecule has 11 heteroatoms. The molecule has 3 aromatic rings. The highest BCUT2D eigenvalue weighted by Gasteiger charge is 2.30. The lowest BCUT2D eigenvalue weighted by molar-refractivity contribution is -0.129. The third kappa shape index (κ3) is 4.73. The van der Waals surface area contributed by atoms with Crippen molar-refractivity contribution in [3.63, 3.8) is 0 Å². The highest BCUT2D eigenvalue weighted by atomic mass is 32.2. The van der Waals surface area contributed by atoms with Crippen LogP contribution in [0.25, 0.3) is 10.8 Å². The Hall–Kier alpha value is -2.89. The van der Waals surface area contributed by atoms with Crippen molar-refractivity contribution in [1.82, 2.24) is 19.2 Å². The molecule has 1 aliphatic rings. The number of sulfonamides is 1. The number of benzene rings is 2. The molecular formula is C20H22N6O3S2. The average Bonchev–Trinajstić information content (AvgIpc) is 2.76. The smallest absolute Gasteiger partial charge is 0.243 e. The van der Waals surface area contributed by atoms with Crippen molar-refractivity contribution in [2.45, 2.75) is 10.1 Å². The first-order valence-electron chi connectivity index (χ1n) is 9.62. The highest BCUT2D eigenvalue weighted by molar-refractivity contribution is 7.99. The van der Waals surface area contributed by atoms with Crippen molar-refractivity contribution in [1.29, 1.82) is 0 Å². The van der Waals surface area contributed by atoms with E-state index in [4.69, 9.17) is 11.5 Å². The largest absolute Gasteiger partial charge is 0.383 e. The number of hydrogen-bond donors (Lipinski definition) is 2. The molecule has 4 rings (SSSR count). The van der Waals surface area contributed by atoms with E-state index in [2.05, 4.69) is 9.97 Å². The zero-order valence-corrected chi connectivity index (χ0v) is 18.3. The Morgan fingerprint density at radius 3 is 2.26 bits per heavy atom. The van der Waals surface area contributed by atoms with Crippen LogP contribution < -0.4 is 11.5 Å². The van der Waals surface area contributed by atoms with Gasteiger partial charge < -0.3 is 16.4 Å². The molecule has 162 valence electrons. The number of piperazine rings is 1. The normalized spacial score (nSPS) is 15.3. The predicted octanol–water partition coefficient (Wildman–Crippen LogP) is 1.42. The van der Waals surface area contributed by atoms with Gasteiger partial charge in [0.2, 0.25) is 15.9 Å². The summed E-state index contributed by atoms with van der Waals surface area (Å²) < 4.78 is 27.5. The first-order valence-corrected chi connectivity index (χ1v) is 12.0. The van der Waals surface area contributed by atoms with E-state index in [0.29, 0.717) is 18.2 Å². The molecule has 4 N–H and O–H groups in total. The van der Waals surface area contributed by atoms with Crippen molar-refractivity contribution < 1.29 is 13.2 Å². The summed E-state index contributed by atoms with van der Waals surface area (Å²) in [4.78, 5) is 22.5. The Labute approximate surface area is 184 Å². The van der Waals surface area contributed by atoms with Gasteiger partial charge in [-0.1, -0.05) is 42.1 Å². The molecule has 0 spiro atoms. The zero-order valence-electron chi connectivity index (χ0n) is 16.6. The molecule has 2 aromatic carbocycles. The van der Waals surface area contributed by atoms with E-state index in [-0.39, 0.29) is 41.3 Å². The van der Waals surface area contributed by atoms with Crippen LogP contribution in [0.15, 0.2) is 58.6 Å². The number of hydrogen-bond acceptors (Lipinski definition) is 8. The van der Waals surface area contributed by atoms with Crippen molar-refractivity contribution in [2.75, 3.05) is 43.4 Å². The summed E-state index contributed by atoms with van der Waals surface area (Å²) in [6.07, 6.45) is 0. The molecule has 1 amide bonds. The van der Waals surface area contributed by atoms with Crippen LogP contribution in [0.2, 0.25) is 0 Å². The molecule has 1 aromatic heterocycles. The minimum Gasteiger partial charge on any atom is -0.383 e. The summed E-state index contributed by atoms with van der Waals surface area (Å²) in [7, 11) is -3.63. The lowest BCUT2D eigenvalue weighted by Crippen LogP contribution is -2.50. The van der Waals surface area contributed by atoms with Crippen LogP contribution in [0, 0.1) is 0 Å². The molecule has 1 fully saturated rings. The van der Waals surface area contributed by atoms with Gasteiger partial charge in [-0.2, -0.15) is 4.31 Å². The molecule has 9 nitrogen and oxygen atoms in total. The maximum absolute atomic E-state index is 13.1. The molecular weight excluding hydrogens is 436 g/mol. The fourth-order valence-electron chi connectivity index (χ4n) is 3.40. The van der Waals surface area contributed by atoms with Crippen molar-refractivity contribution in [3.8, 4) is 0 Å². The number of anilines is 2. The number of amides is 1. The van der Waals surface area contributed by atoms with Gasteiger partial charge in [-0.3, -0.25) is 4.79 Å². The van der Waals surface area contributed by atoms with Crippen molar-refractivity contribution >= 4 is 50.1 Å². The average molecular weight is 459 g/mol. The fraction of sp³-hybridized carbons (Fsp3) is 0.250. The number of thioether (sulfide) groups is 1. The Morgan fingerprint density at radius 2 is 1.58 bits per heavy atom. The zero-order chi connectivity index (χ0) is 22.0. The van der Waals surface area contributed by atoms with Crippen LogP contribution in [-0.2, 0) is 14.8 Å². The number of carbonyl (C=O) groups is 1. The van der Waals surface area contributed by atoms with Crippen LogP contribution in [0.3, 0.4) is 0 Å². The molecule has 2 heterocycles. The summed E-state index contributed by atoms with van der Waals surface area (Å²) in [5, 5.41) is 2.20. The Kier molecular flexibility index (Phi) is 5.99. The van der Waals surface area contributed by atoms with Gasteiger partial charge in [0.05, 0.1) is 10.6 Å². The molecule has 0 bridgehead atoms. The summed E-state index contributed by atoms with van der Waals surface area (Å²) >= 11 is 1.15. The van der Waals surface area contributed by atoms with E-state index in [1.165, 1.54) is 10.4 Å². The second kappa shape index (κ2) is 8.69. The van der Waals surface area contributed by atoms with Gasteiger partial charge in [0, 0.05) is 32.2 Å².